The molecule has 1 heterocycles. The van der Waals surface area contributed by atoms with E-state index in [0.29, 0.717) is 0 Å². The summed E-state index contributed by atoms with van der Waals surface area (Å²) in [5.41, 5.74) is 4.38. The number of anilines is 1. The highest BCUT2D eigenvalue weighted by molar-refractivity contribution is 5.84. The summed E-state index contributed by atoms with van der Waals surface area (Å²) in [5, 5.41) is 0. The van der Waals surface area contributed by atoms with Crippen molar-refractivity contribution < 1.29 is 0 Å². The van der Waals surface area contributed by atoms with Crippen LogP contribution in [0.15, 0.2) is 53.5 Å². The SMILES string of the molecule is CCN(CC)CCn1c(N=Cc2ccc(N(C)C)cc2)nc2ccccc21. The molecule has 142 valence electrons. The van der Waals surface area contributed by atoms with E-state index in [-0.39, 0.29) is 0 Å². The highest BCUT2D eigenvalue weighted by Gasteiger charge is 2.10. The summed E-state index contributed by atoms with van der Waals surface area (Å²) >= 11 is 0. The first-order valence-corrected chi connectivity index (χ1v) is 9.61. The van der Waals surface area contributed by atoms with E-state index in [4.69, 9.17) is 9.98 Å². The summed E-state index contributed by atoms with van der Waals surface area (Å²) in [6.07, 6.45) is 1.90. The summed E-state index contributed by atoms with van der Waals surface area (Å²) in [5.74, 6) is 0.764. The molecule has 3 aromatic rings. The minimum atomic E-state index is 0.764. The number of rotatable bonds is 8. The van der Waals surface area contributed by atoms with Gasteiger partial charge in [-0.3, -0.25) is 0 Å². The van der Waals surface area contributed by atoms with E-state index in [2.05, 4.69) is 64.6 Å². The molecule has 0 N–H and O–H groups in total. The van der Waals surface area contributed by atoms with Crippen LogP contribution in [0.2, 0.25) is 0 Å². The van der Waals surface area contributed by atoms with Gasteiger partial charge < -0.3 is 14.4 Å². The molecule has 0 saturated carbocycles. The Kier molecular flexibility index (Phi) is 6.24. The summed E-state index contributed by atoms with van der Waals surface area (Å²) in [6, 6.07) is 16.6. The van der Waals surface area contributed by atoms with Gasteiger partial charge in [0, 0.05) is 39.1 Å². The smallest absolute Gasteiger partial charge is 0.230 e. The van der Waals surface area contributed by atoms with Crippen molar-refractivity contribution in [3.8, 4) is 0 Å². The monoisotopic (exact) mass is 363 g/mol. The highest BCUT2D eigenvalue weighted by Crippen LogP contribution is 2.22. The lowest BCUT2D eigenvalue weighted by Crippen LogP contribution is -2.26. The van der Waals surface area contributed by atoms with Crippen molar-refractivity contribution in [2.45, 2.75) is 20.4 Å². The maximum absolute atomic E-state index is 4.74. The largest absolute Gasteiger partial charge is 0.378 e. The third-order valence-corrected chi connectivity index (χ3v) is 4.91. The lowest BCUT2D eigenvalue weighted by molar-refractivity contribution is 0.292. The number of imidazole rings is 1. The van der Waals surface area contributed by atoms with Crippen LogP contribution in [0.3, 0.4) is 0 Å². The Bertz CT molecular complexity index is 889. The van der Waals surface area contributed by atoms with Crippen molar-refractivity contribution in [2.24, 2.45) is 4.99 Å². The second-order valence-electron chi connectivity index (χ2n) is 6.82. The molecule has 1 aromatic heterocycles. The van der Waals surface area contributed by atoms with Gasteiger partial charge in [0.05, 0.1) is 11.0 Å². The van der Waals surface area contributed by atoms with Crippen LogP contribution in [0.5, 0.6) is 0 Å². The van der Waals surface area contributed by atoms with Gasteiger partial charge in [-0.05, 0) is 42.9 Å². The lowest BCUT2D eigenvalue weighted by atomic mass is 10.2. The molecule has 0 unspecified atom stereocenters. The zero-order valence-electron chi connectivity index (χ0n) is 16.8. The van der Waals surface area contributed by atoms with E-state index >= 15 is 0 Å². The third kappa shape index (κ3) is 4.55. The summed E-state index contributed by atoms with van der Waals surface area (Å²) < 4.78 is 2.22. The Hall–Kier alpha value is -2.66. The van der Waals surface area contributed by atoms with Crippen LogP contribution >= 0.6 is 0 Å². The molecule has 3 rings (SSSR count). The molecule has 0 aliphatic rings. The van der Waals surface area contributed by atoms with Gasteiger partial charge in [0.25, 0.3) is 0 Å². The molecular formula is C22H29N5. The van der Waals surface area contributed by atoms with Crippen LogP contribution in [-0.4, -0.2) is 54.4 Å². The molecule has 0 atom stereocenters. The maximum Gasteiger partial charge on any atom is 0.230 e. The van der Waals surface area contributed by atoms with Crippen molar-refractivity contribution in [1.82, 2.24) is 14.5 Å². The third-order valence-electron chi connectivity index (χ3n) is 4.91. The minimum Gasteiger partial charge on any atom is -0.378 e. The first-order chi connectivity index (χ1) is 13.1. The molecule has 2 aromatic carbocycles. The summed E-state index contributed by atoms with van der Waals surface area (Å²) in [4.78, 5) is 14.0. The van der Waals surface area contributed by atoms with Gasteiger partial charge in [-0.2, -0.15) is 0 Å². The van der Waals surface area contributed by atoms with E-state index in [9.17, 15) is 0 Å². The van der Waals surface area contributed by atoms with Gasteiger partial charge in [0.2, 0.25) is 5.95 Å². The van der Waals surface area contributed by atoms with Crippen LogP contribution < -0.4 is 4.90 Å². The standard InChI is InChI=1S/C22H29N5/c1-5-26(6-2)15-16-27-21-10-8-7-9-20(21)24-22(27)23-17-18-11-13-19(14-12-18)25(3)4/h7-14,17H,5-6,15-16H2,1-4H3. The number of fused-ring (bicyclic) bond motifs is 1. The van der Waals surface area contributed by atoms with Crippen molar-refractivity contribution in [1.29, 1.82) is 0 Å². The van der Waals surface area contributed by atoms with E-state index < -0.39 is 0 Å². The van der Waals surface area contributed by atoms with Crippen molar-refractivity contribution in [3.05, 3.63) is 54.1 Å². The highest BCUT2D eigenvalue weighted by atomic mass is 15.2. The van der Waals surface area contributed by atoms with E-state index in [1.807, 2.05) is 32.4 Å². The van der Waals surface area contributed by atoms with Gasteiger partial charge in [-0.1, -0.05) is 38.1 Å². The Morgan fingerprint density at radius 2 is 1.70 bits per heavy atom. The zero-order chi connectivity index (χ0) is 19.2. The number of hydrogen-bond donors (Lipinski definition) is 0. The maximum atomic E-state index is 4.74. The fraction of sp³-hybridized carbons (Fsp3) is 0.364. The number of para-hydroxylation sites is 2. The molecule has 0 radical (unpaired) electrons. The fourth-order valence-corrected chi connectivity index (χ4v) is 3.15. The van der Waals surface area contributed by atoms with Gasteiger partial charge >= 0.3 is 0 Å². The number of aromatic nitrogens is 2. The van der Waals surface area contributed by atoms with Crippen LogP contribution in [0.1, 0.15) is 19.4 Å². The number of nitrogens with zero attached hydrogens (tertiary/aromatic N) is 5. The quantitative estimate of drug-likeness (QED) is 0.563. The molecule has 27 heavy (non-hydrogen) atoms. The number of benzene rings is 2. The molecule has 0 aliphatic carbocycles. The minimum absolute atomic E-state index is 0.764. The summed E-state index contributed by atoms with van der Waals surface area (Å²) in [6.45, 7) is 8.39. The van der Waals surface area contributed by atoms with E-state index in [1.54, 1.807) is 0 Å². The fourth-order valence-electron chi connectivity index (χ4n) is 3.15. The molecular weight excluding hydrogens is 334 g/mol. The van der Waals surface area contributed by atoms with Gasteiger partial charge in [-0.25, -0.2) is 9.98 Å². The van der Waals surface area contributed by atoms with Crippen molar-refractivity contribution in [2.75, 3.05) is 38.6 Å². The van der Waals surface area contributed by atoms with E-state index in [0.717, 1.165) is 48.7 Å². The normalized spacial score (nSPS) is 11.7. The van der Waals surface area contributed by atoms with Gasteiger partial charge in [0.1, 0.15) is 0 Å². The zero-order valence-corrected chi connectivity index (χ0v) is 16.8. The molecule has 5 nitrogen and oxygen atoms in total. The average Bonchev–Trinajstić information content (AvgIpc) is 3.05. The van der Waals surface area contributed by atoms with Crippen LogP contribution in [-0.2, 0) is 6.54 Å². The molecule has 0 saturated heterocycles. The first-order valence-electron chi connectivity index (χ1n) is 9.61. The first kappa shape index (κ1) is 19.1. The van der Waals surface area contributed by atoms with Crippen molar-refractivity contribution >= 4 is 28.9 Å². The Morgan fingerprint density at radius 3 is 2.37 bits per heavy atom. The Labute approximate surface area is 162 Å². The second kappa shape index (κ2) is 8.82. The molecule has 5 heteroatoms. The summed E-state index contributed by atoms with van der Waals surface area (Å²) in [7, 11) is 4.09. The number of hydrogen-bond acceptors (Lipinski definition) is 4. The molecule has 0 amide bonds. The van der Waals surface area contributed by atoms with Gasteiger partial charge in [0.15, 0.2) is 0 Å². The predicted molar refractivity (Wildman–Crippen MR) is 116 cm³/mol. The van der Waals surface area contributed by atoms with E-state index in [1.165, 1.54) is 5.69 Å². The van der Waals surface area contributed by atoms with Crippen LogP contribution in [0, 0.1) is 0 Å². The predicted octanol–water partition coefficient (Wildman–Crippen LogP) is 4.19. The lowest BCUT2D eigenvalue weighted by Gasteiger charge is -2.18. The second-order valence-corrected chi connectivity index (χ2v) is 6.82. The molecule has 0 fully saturated rings. The molecule has 0 bridgehead atoms. The van der Waals surface area contributed by atoms with Crippen LogP contribution in [0.4, 0.5) is 11.6 Å². The molecule has 0 spiro atoms. The number of likely N-dealkylation sites (N-methyl/N-ethyl adjacent to an activating group) is 1. The topological polar surface area (TPSA) is 36.7 Å². The Balaban J connectivity index is 1.87. The number of aliphatic imine (C=N–C) groups is 1. The van der Waals surface area contributed by atoms with Gasteiger partial charge in [-0.15, -0.1) is 0 Å². The molecule has 0 aliphatic heterocycles. The average molecular weight is 364 g/mol. The van der Waals surface area contributed by atoms with Crippen molar-refractivity contribution in [3.63, 3.8) is 0 Å². The Morgan fingerprint density at radius 1 is 1.00 bits per heavy atom. The van der Waals surface area contributed by atoms with Crippen LogP contribution in [0.25, 0.3) is 11.0 Å².